The van der Waals surface area contributed by atoms with Crippen LogP contribution >= 0.6 is 0 Å². The normalized spacial score (nSPS) is 20.4. The van der Waals surface area contributed by atoms with Gasteiger partial charge in [-0.15, -0.1) is 0 Å². The van der Waals surface area contributed by atoms with Crippen molar-refractivity contribution in [3.63, 3.8) is 0 Å². The summed E-state index contributed by atoms with van der Waals surface area (Å²) in [6.45, 7) is 0. The zero-order valence-corrected chi connectivity index (χ0v) is 10.9. The van der Waals surface area contributed by atoms with E-state index in [1.165, 1.54) is 13.2 Å². The molecule has 1 aliphatic heterocycles. The van der Waals surface area contributed by atoms with Crippen LogP contribution in [0.25, 0.3) is 0 Å². The molecule has 0 atom stereocenters. The molecule has 0 radical (unpaired) electrons. The molecule has 0 unspecified atom stereocenters. The Morgan fingerprint density at radius 3 is 2.63 bits per heavy atom. The molecule has 0 aromatic heterocycles. The maximum absolute atomic E-state index is 13.6. The molecule has 19 heavy (non-hydrogen) atoms. The van der Waals surface area contributed by atoms with Crippen molar-refractivity contribution >= 4 is 17.3 Å². The van der Waals surface area contributed by atoms with Gasteiger partial charge in [-0.25, -0.2) is 4.39 Å². The maximum atomic E-state index is 13.6. The van der Waals surface area contributed by atoms with E-state index in [1.54, 1.807) is 6.07 Å². The summed E-state index contributed by atoms with van der Waals surface area (Å²) in [5, 5.41) is 6.12. The average molecular weight is 264 g/mol. The van der Waals surface area contributed by atoms with Gasteiger partial charge in [-0.05, 0) is 12.8 Å². The highest BCUT2D eigenvalue weighted by atomic mass is 19.1. The van der Waals surface area contributed by atoms with Crippen molar-refractivity contribution in [2.45, 2.75) is 37.6 Å². The van der Waals surface area contributed by atoms with Gasteiger partial charge < -0.3 is 15.4 Å². The van der Waals surface area contributed by atoms with Crippen LogP contribution in [0.2, 0.25) is 0 Å². The van der Waals surface area contributed by atoms with Crippen LogP contribution in [0.1, 0.15) is 32.1 Å². The molecule has 1 fully saturated rings. The van der Waals surface area contributed by atoms with Crippen molar-refractivity contribution in [1.82, 2.24) is 0 Å². The first kappa shape index (κ1) is 12.3. The molecule has 5 heteroatoms. The van der Waals surface area contributed by atoms with Gasteiger partial charge >= 0.3 is 0 Å². The summed E-state index contributed by atoms with van der Waals surface area (Å²) in [4.78, 5) is 12.3. The number of fused-ring (bicyclic) bond motifs is 1. The van der Waals surface area contributed by atoms with E-state index in [9.17, 15) is 9.18 Å². The van der Waals surface area contributed by atoms with E-state index in [0.717, 1.165) is 37.8 Å². The van der Waals surface area contributed by atoms with Crippen molar-refractivity contribution in [2.75, 3.05) is 17.7 Å². The number of hydrogen-bond acceptors (Lipinski definition) is 3. The number of nitrogens with one attached hydrogen (secondary N) is 2. The van der Waals surface area contributed by atoms with Gasteiger partial charge in [-0.1, -0.05) is 19.3 Å². The quantitative estimate of drug-likeness (QED) is 0.820. The molecule has 1 amide bonds. The van der Waals surface area contributed by atoms with Crippen LogP contribution in [0.4, 0.5) is 15.8 Å². The van der Waals surface area contributed by atoms with E-state index in [4.69, 9.17) is 4.74 Å². The highest BCUT2D eigenvalue weighted by molar-refractivity contribution is 6.06. The first-order chi connectivity index (χ1) is 9.14. The van der Waals surface area contributed by atoms with Gasteiger partial charge in [0.2, 0.25) is 5.91 Å². The summed E-state index contributed by atoms with van der Waals surface area (Å²) in [6, 6.07) is 2.91. The lowest BCUT2D eigenvalue weighted by Gasteiger charge is -2.41. The van der Waals surface area contributed by atoms with Gasteiger partial charge in [0.15, 0.2) is 11.6 Å². The van der Waals surface area contributed by atoms with Gasteiger partial charge in [-0.2, -0.15) is 0 Å². The van der Waals surface area contributed by atoms with Gasteiger partial charge in [0.1, 0.15) is 5.54 Å². The zero-order valence-electron chi connectivity index (χ0n) is 10.9. The lowest BCUT2D eigenvalue weighted by Crippen LogP contribution is -2.53. The number of hydrogen-bond donors (Lipinski definition) is 2. The molecule has 0 saturated heterocycles. The molecule has 1 spiro atoms. The molecule has 2 N–H and O–H groups in total. The Hall–Kier alpha value is -1.78. The third-order valence-corrected chi connectivity index (χ3v) is 4.06. The summed E-state index contributed by atoms with van der Waals surface area (Å²) < 4.78 is 18.6. The standard InChI is InChI=1S/C14H17FN2O2/c1-19-12-8-11-10(7-9(12)15)16-13(18)14(17-11)5-3-2-4-6-14/h7-8,17H,2-6H2,1H3,(H,16,18). The van der Waals surface area contributed by atoms with Crippen molar-refractivity contribution in [1.29, 1.82) is 0 Å². The van der Waals surface area contributed by atoms with Crippen molar-refractivity contribution in [2.24, 2.45) is 0 Å². The molecule has 3 rings (SSSR count). The average Bonchev–Trinajstić information content (AvgIpc) is 2.41. The van der Waals surface area contributed by atoms with Crippen molar-refractivity contribution in [3.05, 3.63) is 17.9 Å². The highest BCUT2D eigenvalue weighted by Gasteiger charge is 2.42. The molecule has 2 aliphatic rings. The second-order valence-electron chi connectivity index (χ2n) is 5.25. The number of anilines is 2. The number of carbonyl (C=O) groups is 1. The number of benzene rings is 1. The lowest BCUT2D eigenvalue weighted by molar-refractivity contribution is -0.121. The van der Waals surface area contributed by atoms with Crippen LogP contribution in [0, 0.1) is 5.82 Å². The van der Waals surface area contributed by atoms with Crippen molar-refractivity contribution < 1.29 is 13.9 Å². The van der Waals surface area contributed by atoms with E-state index >= 15 is 0 Å². The van der Waals surface area contributed by atoms with Crippen molar-refractivity contribution in [3.8, 4) is 5.75 Å². The summed E-state index contributed by atoms with van der Waals surface area (Å²) >= 11 is 0. The Labute approximate surface area is 111 Å². The first-order valence-corrected chi connectivity index (χ1v) is 6.62. The third kappa shape index (κ3) is 1.93. The van der Waals surface area contributed by atoms with Crippen LogP contribution in [-0.2, 0) is 4.79 Å². The van der Waals surface area contributed by atoms with Gasteiger partial charge in [0.05, 0.1) is 18.5 Å². The van der Waals surface area contributed by atoms with Gasteiger partial charge in [0, 0.05) is 12.1 Å². The predicted molar refractivity (Wildman–Crippen MR) is 71.0 cm³/mol. The number of rotatable bonds is 1. The number of ether oxygens (including phenoxy) is 1. The van der Waals surface area contributed by atoms with Crippen LogP contribution < -0.4 is 15.4 Å². The maximum Gasteiger partial charge on any atom is 0.250 e. The molecule has 1 aromatic carbocycles. The van der Waals surface area contributed by atoms with E-state index in [0.29, 0.717) is 5.69 Å². The second kappa shape index (κ2) is 4.40. The first-order valence-electron chi connectivity index (χ1n) is 6.62. The van der Waals surface area contributed by atoms with Crippen LogP contribution in [0.5, 0.6) is 5.75 Å². The van der Waals surface area contributed by atoms with E-state index < -0.39 is 11.4 Å². The highest BCUT2D eigenvalue weighted by Crippen LogP contribution is 2.41. The Morgan fingerprint density at radius 2 is 1.95 bits per heavy atom. The fourth-order valence-corrected chi connectivity index (χ4v) is 2.98. The summed E-state index contributed by atoms with van der Waals surface area (Å²) in [6.07, 6.45) is 4.87. The van der Waals surface area contributed by atoms with Gasteiger partial charge in [0.25, 0.3) is 0 Å². The minimum atomic E-state index is -0.534. The zero-order chi connectivity index (χ0) is 13.5. The summed E-state index contributed by atoms with van der Waals surface area (Å²) in [5.41, 5.74) is 0.688. The molecule has 1 saturated carbocycles. The minimum Gasteiger partial charge on any atom is -0.494 e. The number of methoxy groups -OCH3 is 1. The topological polar surface area (TPSA) is 50.4 Å². The SMILES string of the molecule is COc1cc2c(cc1F)NC(=O)C1(CCCCC1)N2. The smallest absolute Gasteiger partial charge is 0.250 e. The van der Waals surface area contributed by atoms with Crippen LogP contribution in [0.3, 0.4) is 0 Å². The minimum absolute atomic E-state index is 0.0516. The number of carbonyl (C=O) groups excluding carboxylic acids is 1. The molecule has 0 bridgehead atoms. The lowest BCUT2D eigenvalue weighted by atomic mass is 9.79. The molecule has 4 nitrogen and oxygen atoms in total. The molecular weight excluding hydrogens is 247 g/mol. The fraction of sp³-hybridized carbons (Fsp3) is 0.500. The summed E-state index contributed by atoms with van der Waals surface area (Å²) in [7, 11) is 1.43. The molecular formula is C14H17FN2O2. The monoisotopic (exact) mass is 264 g/mol. The molecule has 1 aromatic rings. The molecule has 102 valence electrons. The Morgan fingerprint density at radius 1 is 1.21 bits per heavy atom. The van der Waals surface area contributed by atoms with Crippen LogP contribution in [-0.4, -0.2) is 18.6 Å². The second-order valence-corrected chi connectivity index (χ2v) is 5.25. The Kier molecular flexibility index (Phi) is 2.84. The predicted octanol–water partition coefficient (Wildman–Crippen LogP) is 2.90. The molecule has 1 aliphatic carbocycles. The van der Waals surface area contributed by atoms with Gasteiger partial charge in [-0.3, -0.25) is 4.79 Å². The fourth-order valence-electron chi connectivity index (χ4n) is 2.98. The van der Waals surface area contributed by atoms with E-state index in [-0.39, 0.29) is 11.7 Å². The number of halogens is 1. The van der Waals surface area contributed by atoms with Crippen LogP contribution in [0.15, 0.2) is 12.1 Å². The third-order valence-electron chi connectivity index (χ3n) is 4.06. The van der Waals surface area contributed by atoms with E-state index in [2.05, 4.69) is 10.6 Å². The summed E-state index contributed by atoms with van der Waals surface area (Å²) in [5.74, 6) is -0.333. The number of amides is 1. The van der Waals surface area contributed by atoms with E-state index in [1.807, 2.05) is 0 Å². The molecule has 1 heterocycles. The Bertz CT molecular complexity index is 524. The largest absolute Gasteiger partial charge is 0.494 e. The Balaban J connectivity index is 1.99.